The molecule has 2 aromatic rings. The summed E-state index contributed by atoms with van der Waals surface area (Å²) in [6.45, 7) is 2.74. The molecule has 0 bridgehead atoms. The molecule has 2 rings (SSSR count). The number of hydrogen-bond donors (Lipinski definition) is 3. The minimum atomic E-state index is 0.0752. The molecule has 0 saturated heterocycles. The molecule has 0 saturated carbocycles. The predicted molar refractivity (Wildman–Crippen MR) is 87.4 cm³/mol. The first-order chi connectivity index (χ1) is 10.2. The van der Waals surface area contributed by atoms with Gasteiger partial charge in [0.1, 0.15) is 0 Å². The van der Waals surface area contributed by atoms with Crippen LogP contribution in [-0.4, -0.2) is 17.6 Å². The molecule has 0 fully saturated rings. The van der Waals surface area contributed by atoms with Crippen LogP contribution in [0.2, 0.25) is 0 Å². The summed E-state index contributed by atoms with van der Waals surface area (Å²) in [6, 6.07) is 15.9. The van der Waals surface area contributed by atoms with Crippen LogP contribution in [0.1, 0.15) is 16.7 Å². The second-order valence-electron chi connectivity index (χ2n) is 4.99. The van der Waals surface area contributed by atoms with Gasteiger partial charge in [-0.2, -0.15) is 0 Å². The number of benzene rings is 2. The third kappa shape index (κ3) is 4.93. The number of anilines is 1. The Morgan fingerprint density at radius 1 is 1.14 bits per heavy atom. The molecule has 4 heteroatoms. The standard InChI is InChI=1S/C17H21N3O/c1-13-3-2-4-16(11-13)20-17(18)19-10-9-14-5-7-15(12-21)8-6-14/h2-8,11,21H,9-10,12H2,1H3,(H3,18,19,20). The second-order valence-corrected chi connectivity index (χ2v) is 4.99. The Kier molecular flexibility index (Phi) is 5.35. The number of aliphatic imine (C=N–C) groups is 1. The van der Waals surface area contributed by atoms with Gasteiger partial charge in [0.15, 0.2) is 5.96 Å². The van der Waals surface area contributed by atoms with E-state index in [1.165, 1.54) is 11.1 Å². The van der Waals surface area contributed by atoms with Crippen molar-refractivity contribution >= 4 is 11.6 Å². The summed E-state index contributed by atoms with van der Waals surface area (Å²) in [5.74, 6) is 0.424. The predicted octanol–water partition coefficient (Wildman–Crippen LogP) is 2.46. The van der Waals surface area contributed by atoms with Crippen molar-refractivity contribution in [2.45, 2.75) is 20.0 Å². The maximum absolute atomic E-state index is 8.99. The smallest absolute Gasteiger partial charge is 0.193 e. The molecule has 0 amide bonds. The van der Waals surface area contributed by atoms with E-state index < -0.39 is 0 Å². The minimum Gasteiger partial charge on any atom is -0.392 e. The van der Waals surface area contributed by atoms with Gasteiger partial charge in [-0.05, 0) is 42.2 Å². The van der Waals surface area contributed by atoms with Gasteiger partial charge in [-0.25, -0.2) is 0 Å². The van der Waals surface area contributed by atoms with Gasteiger partial charge in [-0.3, -0.25) is 4.99 Å². The first-order valence-electron chi connectivity index (χ1n) is 6.99. The summed E-state index contributed by atoms with van der Waals surface area (Å²) >= 11 is 0. The van der Waals surface area contributed by atoms with Crippen LogP contribution in [-0.2, 0) is 13.0 Å². The van der Waals surface area contributed by atoms with Gasteiger partial charge < -0.3 is 16.2 Å². The highest BCUT2D eigenvalue weighted by atomic mass is 16.3. The number of rotatable bonds is 5. The van der Waals surface area contributed by atoms with Crippen LogP contribution in [0.5, 0.6) is 0 Å². The molecule has 0 heterocycles. The van der Waals surface area contributed by atoms with E-state index in [9.17, 15) is 0 Å². The van der Waals surface area contributed by atoms with E-state index in [-0.39, 0.29) is 6.61 Å². The van der Waals surface area contributed by atoms with Gasteiger partial charge in [0, 0.05) is 12.2 Å². The number of guanidine groups is 1. The van der Waals surface area contributed by atoms with Crippen molar-refractivity contribution in [3.8, 4) is 0 Å². The summed E-state index contributed by atoms with van der Waals surface area (Å²) in [6.07, 6.45) is 0.821. The van der Waals surface area contributed by atoms with Crippen molar-refractivity contribution in [3.63, 3.8) is 0 Å². The third-order valence-corrected chi connectivity index (χ3v) is 3.18. The van der Waals surface area contributed by atoms with E-state index in [0.717, 1.165) is 17.7 Å². The maximum atomic E-state index is 8.99. The number of nitrogens with two attached hydrogens (primary N) is 1. The fraction of sp³-hybridized carbons (Fsp3) is 0.235. The lowest BCUT2D eigenvalue weighted by Gasteiger charge is -2.06. The highest BCUT2D eigenvalue weighted by molar-refractivity contribution is 5.92. The lowest BCUT2D eigenvalue weighted by Crippen LogP contribution is -2.23. The lowest BCUT2D eigenvalue weighted by molar-refractivity contribution is 0.282. The fourth-order valence-electron chi connectivity index (χ4n) is 2.03. The number of nitrogens with one attached hydrogen (secondary N) is 1. The first kappa shape index (κ1) is 15.1. The van der Waals surface area contributed by atoms with E-state index in [2.05, 4.69) is 10.3 Å². The van der Waals surface area contributed by atoms with E-state index in [1.807, 2.05) is 55.5 Å². The van der Waals surface area contributed by atoms with Crippen LogP contribution < -0.4 is 11.1 Å². The third-order valence-electron chi connectivity index (χ3n) is 3.18. The average molecular weight is 283 g/mol. The van der Waals surface area contributed by atoms with E-state index >= 15 is 0 Å². The number of aliphatic hydroxyl groups excluding tert-OH is 1. The number of aliphatic hydroxyl groups is 1. The molecular weight excluding hydrogens is 262 g/mol. The first-order valence-corrected chi connectivity index (χ1v) is 6.99. The van der Waals surface area contributed by atoms with Crippen molar-refractivity contribution in [2.75, 3.05) is 11.9 Å². The van der Waals surface area contributed by atoms with Gasteiger partial charge in [0.25, 0.3) is 0 Å². The molecule has 0 aliphatic rings. The summed E-state index contributed by atoms with van der Waals surface area (Å²) in [5, 5.41) is 12.1. The van der Waals surface area contributed by atoms with Crippen molar-refractivity contribution in [1.29, 1.82) is 0 Å². The molecule has 110 valence electrons. The monoisotopic (exact) mass is 283 g/mol. The van der Waals surface area contributed by atoms with Gasteiger partial charge >= 0.3 is 0 Å². The Bertz CT molecular complexity index is 606. The molecule has 4 N–H and O–H groups in total. The number of hydrogen-bond acceptors (Lipinski definition) is 2. The van der Waals surface area contributed by atoms with Crippen LogP contribution in [0.3, 0.4) is 0 Å². The van der Waals surface area contributed by atoms with Gasteiger partial charge in [0.2, 0.25) is 0 Å². The second kappa shape index (κ2) is 7.45. The molecule has 0 aromatic heterocycles. The van der Waals surface area contributed by atoms with E-state index in [4.69, 9.17) is 10.8 Å². The average Bonchev–Trinajstić information content (AvgIpc) is 2.48. The van der Waals surface area contributed by atoms with Gasteiger partial charge in [-0.1, -0.05) is 36.4 Å². The zero-order valence-electron chi connectivity index (χ0n) is 12.2. The molecule has 0 aliphatic heterocycles. The molecule has 0 aliphatic carbocycles. The molecular formula is C17H21N3O. The van der Waals surface area contributed by atoms with Crippen LogP contribution in [0.15, 0.2) is 53.5 Å². The van der Waals surface area contributed by atoms with E-state index in [0.29, 0.717) is 12.5 Å². The molecule has 4 nitrogen and oxygen atoms in total. The van der Waals surface area contributed by atoms with Crippen molar-refractivity contribution in [2.24, 2.45) is 10.7 Å². The van der Waals surface area contributed by atoms with E-state index in [1.54, 1.807) is 0 Å². The Morgan fingerprint density at radius 2 is 1.86 bits per heavy atom. The summed E-state index contributed by atoms with van der Waals surface area (Å²) in [4.78, 5) is 4.32. The topological polar surface area (TPSA) is 70.6 Å². The SMILES string of the molecule is Cc1cccc(NC(N)=NCCc2ccc(CO)cc2)c1. The molecule has 0 atom stereocenters. The van der Waals surface area contributed by atoms with Crippen LogP contribution >= 0.6 is 0 Å². The van der Waals surface area contributed by atoms with Crippen molar-refractivity contribution < 1.29 is 5.11 Å². The number of nitrogens with zero attached hydrogens (tertiary/aromatic N) is 1. The molecule has 0 unspecified atom stereocenters. The van der Waals surface area contributed by atoms with Crippen molar-refractivity contribution in [3.05, 3.63) is 65.2 Å². The lowest BCUT2D eigenvalue weighted by atomic mass is 10.1. The zero-order chi connectivity index (χ0) is 15.1. The van der Waals surface area contributed by atoms with Gasteiger partial charge in [-0.15, -0.1) is 0 Å². The minimum absolute atomic E-state index is 0.0752. The summed E-state index contributed by atoms with van der Waals surface area (Å²) in [7, 11) is 0. The Hall–Kier alpha value is -2.33. The van der Waals surface area contributed by atoms with Crippen LogP contribution in [0.4, 0.5) is 5.69 Å². The maximum Gasteiger partial charge on any atom is 0.193 e. The van der Waals surface area contributed by atoms with Crippen LogP contribution in [0, 0.1) is 6.92 Å². The van der Waals surface area contributed by atoms with Gasteiger partial charge in [0.05, 0.1) is 6.61 Å². The molecule has 2 aromatic carbocycles. The Balaban J connectivity index is 1.85. The Morgan fingerprint density at radius 3 is 2.52 bits per heavy atom. The van der Waals surface area contributed by atoms with Crippen LogP contribution in [0.25, 0.3) is 0 Å². The molecule has 21 heavy (non-hydrogen) atoms. The zero-order valence-corrected chi connectivity index (χ0v) is 12.2. The highest BCUT2D eigenvalue weighted by Gasteiger charge is 1.97. The fourth-order valence-corrected chi connectivity index (χ4v) is 2.03. The largest absolute Gasteiger partial charge is 0.392 e. The number of aryl methyl sites for hydroxylation is 1. The molecule has 0 radical (unpaired) electrons. The quantitative estimate of drug-likeness (QED) is 0.583. The summed E-state index contributed by atoms with van der Waals surface area (Å²) < 4.78 is 0. The highest BCUT2D eigenvalue weighted by Crippen LogP contribution is 2.09. The Labute approximate surface area is 125 Å². The normalized spacial score (nSPS) is 11.4. The summed E-state index contributed by atoms with van der Waals surface area (Å²) in [5.41, 5.74) is 10.1. The van der Waals surface area contributed by atoms with Crippen molar-refractivity contribution in [1.82, 2.24) is 0 Å². The molecule has 0 spiro atoms.